The number of aryl methyl sites for hydroxylation is 1. The van der Waals surface area contributed by atoms with Gasteiger partial charge in [0.25, 0.3) is 0 Å². The number of rotatable bonds is 3. The van der Waals surface area contributed by atoms with Crippen LogP contribution < -0.4 is 0 Å². The number of hydrogen-bond acceptors (Lipinski definition) is 3. The fourth-order valence-corrected chi connectivity index (χ4v) is 2.56. The maximum absolute atomic E-state index is 8.61. The van der Waals surface area contributed by atoms with Crippen LogP contribution in [0.2, 0.25) is 0 Å². The lowest BCUT2D eigenvalue weighted by atomic mass is 9.99. The average molecular weight is 256 g/mol. The molecule has 1 aromatic heterocycles. The molecule has 0 N–H and O–H groups in total. The molecule has 0 spiro atoms. The Balaban J connectivity index is 2.49. The van der Waals surface area contributed by atoms with Crippen molar-refractivity contribution in [1.29, 1.82) is 5.26 Å². The van der Waals surface area contributed by atoms with E-state index in [1.165, 1.54) is 28.3 Å². The van der Waals surface area contributed by atoms with Gasteiger partial charge in [0.1, 0.15) is 0 Å². The van der Waals surface area contributed by atoms with Crippen LogP contribution in [0.15, 0.2) is 29.3 Å². The molecule has 0 atom stereocenters. The minimum Gasteiger partial charge on any atom is -0.241 e. The van der Waals surface area contributed by atoms with Crippen LogP contribution in [0.1, 0.15) is 30.9 Å². The van der Waals surface area contributed by atoms with E-state index in [-0.39, 0.29) is 0 Å². The largest absolute Gasteiger partial charge is 0.241 e. The molecule has 0 unspecified atom stereocenters. The van der Waals surface area contributed by atoms with Gasteiger partial charge >= 0.3 is 0 Å². The summed E-state index contributed by atoms with van der Waals surface area (Å²) in [7, 11) is 0. The van der Waals surface area contributed by atoms with E-state index in [4.69, 9.17) is 5.26 Å². The summed E-state index contributed by atoms with van der Waals surface area (Å²) >= 11 is 1.49. The predicted octanol–water partition coefficient (Wildman–Crippen LogP) is 4.28. The topological polar surface area (TPSA) is 36.7 Å². The van der Waals surface area contributed by atoms with Crippen molar-refractivity contribution >= 4 is 22.7 Å². The molecule has 0 radical (unpaired) electrons. The second-order valence-corrected chi connectivity index (χ2v) is 5.65. The smallest absolute Gasteiger partial charge is 0.0980 e. The molecule has 3 heteroatoms. The van der Waals surface area contributed by atoms with E-state index in [0.29, 0.717) is 11.7 Å². The summed E-state index contributed by atoms with van der Waals surface area (Å²) in [5.74, 6) is 0.976. The van der Waals surface area contributed by atoms with E-state index in [1.807, 2.05) is 0 Å². The summed E-state index contributed by atoms with van der Waals surface area (Å²) in [6.45, 7) is 6.49. The second-order valence-electron chi connectivity index (χ2n) is 4.66. The Hall–Kier alpha value is -1.53. The van der Waals surface area contributed by atoms with Crippen LogP contribution >= 0.6 is 11.8 Å². The molecular formula is C15H16N2S. The lowest BCUT2D eigenvalue weighted by molar-refractivity contribution is 0.868. The van der Waals surface area contributed by atoms with Gasteiger partial charge in [-0.3, -0.25) is 0 Å². The highest BCUT2D eigenvalue weighted by molar-refractivity contribution is 7.99. The maximum atomic E-state index is 8.61. The van der Waals surface area contributed by atoms with Crippen molar-refractivity contribution in [2.75, 3.05) is 5.75 Å². The molecule has 2 rings (SSSR count). The SMILES string of the molecule is Cc1cc(SCC#N)nc2ccc(C(C)C)cc12. The quantitative estimate of drug-likeness (QED) is 0.769. The molecular weight excluding hydrogens is 240 g/mol. The van der Waals surface area contributed by atoms with Crippen LogP contribution in [0.25, 0.3) is 10.9 Å². The first-order valence-electron chi connectivity index (χ1n) is 6.03. The number of nitrogens with zero attached hydrogens (tertiary/aromatic N) is 2. The zero-order chi connectivity index (χ0) is 13.1. The van der Waals surface area contributed by atoms with Crippen molar-refractivity contribution in [3.05, 3.63) is 35.4 Å². The molecule has 0 saturated heterocycles. The van der Waals surface area contributed by atoms with Gasteiger partial charge in [-0.1, -0.05) is 31.7 Å². The monoisotopic (exact) mass is 256 g/mol. The molecule has 0 aliphatic rings. The summed E-state index contributed by atoms with van der Waals surface area (Å²) in [6, 6.07) is 10.6. The van der Waals surface area contributed by atoms with Crippen LogP contribution in [-0.4, -0.2) is 10.7 Å². The van der Waals surface area contributed by atoms with Crippen LogP contribution in [0.4, 0.5) is 0 Å². The van der Waals surface area contributed by atoms with E-state index in [1.54, 1.807) is 0 Å². The number of aromatic nitrogens is 1. The predicted molar refractivity (Wildman–Crippen MR) is 76.9 cm³/mol. The number of hydrogen-bond donors (Lipinski definition) is 0. The lowest BCUT2D eigenvalue weighted by Gasteiger charge is -2.09. The summed E-state index contributed by atoms with van der Waals surface area (Å²) in [6.07, 6.45) is 0. The van der Waals surface area contributed by atoms with Crippen LogP contribution in [0, 0.1) is 18.3 Å². The number of fused-ring (bicyclic) bond motifs is 1. The summed E-state index contributed by atoms with van der Waals surface area (Å²) < 4.78 is 0. The summed E-state index contributed by atoms with van der Waals surface area (Å²) in [5.41, 5.74) is 3.58. The molecule has 0 aliphatic carbocycles. The maximum Gasteiger partial charge on any atom is 0.0980 e. The van der Waals surface area contributed by atoms with Gasteiger partial charge in [0.2, 0.25) is 0 Å². The molecule has 1 aromatic carbocycles. The van der Waals surface area contributed by atoms with E-state index >= 15 is 0 Å². The second kappa shape index (κ2) is 5.41. The van der Waals surface area contributed by atoms with Gasteiger partial charge < -0.3 is 0 Å². The Bertz CT molecular complexity index is 612. The van der Waals surface area contributed by atoms with E-state index in [2.05, 4.69) is 56.1 Å². The van der Waals surface area contributed by atoms with Crippen molar-refractivity contribution < 1.29 is 0 Å². The number of thioether (sulfide) groups is 1. The number of pyridine rings is 1. The van der Waals surface area contributed by atoms with Crippen LogP contribution in [0.5, 0.6) is 0 Å². The third kappa shape index (κ3) is 2.65. The first kappa shape index (κ1) is 12.9. The highest BCUT2D eigenvalue weighted by Gasteiger charge is 2.06. The lowest BCUT2D eigenvalue weighted by Crippen LogP contribution is -1.91. The van der Waals surface area contributed by atoms with Gasteiger partial charge in [0.15, 0.2) is 0 Å². The fraction of sp³-hybridized carbons (Fsp3) is 0.333. The molecule has 0 bridgehead atoms. The molecule has 92 valence electrons. The fourth-order valence-electron chi connectivity index (χ4n) is 1.92. The van der Waals surface area contributed by atoms with Gasteiger partial charge in [0, 0.05) is 5.39 Å². The highest BCUT2D eigenvalue weighted by Crippen LogP contribution is 2.26. The Labute approximate surface area is 112 Å². The highest BCUT2D eigenvalue weighted by atomic mass is 32.2. The average Bonchev–Trinajstić information content (AvgIpc) is 2.36. The molecule has 1 heterocycles. The van der Waals surface area contributed by atoms with Crippen LogP contribution in [0.3, 0.4) is 0 Å². The van der Waals surface area contributed by atoms with Gasteiger partial charge in [-0.05, 0) is 42.2 Å². The van der Waals surface area contributed by atoms with Crippen molar-refractivity contribution in [3.8, 4) is 6.07 Å². The van der Waals surface area contributed by atoms with Gasteiger partial charge in [-0.15, -0.1) is 0 Å². The molecule has 2 nitrogen and oxygen atoms in total. The minimum absolute atomic E-state index is 0.446. The standard InChI is InChI=1S/C15H16N2S/c1-10(2)12-4-5-14-13(9-12)11(3)8-15(17-14)18-7-6-16/h4-5,8-10H,7H2,1-3H3. The molecule has 0 amide bonds. The minimum atomic E-state index is 0.446. The van der Waals surface area contributed by atoms with Crippen molar-refractivity contribution in [3.63, 3.8) is 0 Å². The normalized spacial score (nSPS) is 10.8. The first-order chi connectivity index (χ1) is 8.61. The van der Waals surface area contributed by atoms with Crippen molar-refractivity contribution in [2.45, 2.75) is 31.7 Å². The molecule has 2 aromatic rings. The molecule has 0 aliphatic heterocycles. The first-order valence-corrected chi connectivity index (χ1v) is 7.01. The summed E-state index contributed by atoms with van der Waals surface area (Å²) in [4.78, 5) is 4.59. The van der Waals surface area contributed by atoms with Gasteiger partial charge in [0.05, 0.1) is 22.4 Å². The van der Waals surface area contributed by atoms with E-state index < -0.39 is 0 Å². The third-order valence-corrected chi connectivity index (χ3v) is 3.75. The zero-order valence-electron chi connectivity index (χ0n) is 10.9. The van der Waals surface area contributed by atoms with Gasteiger partial charge in [-0.2, -0.15) is 5.26 Å². The Kier molecular flexibility index (Phi) is 3.88. The summed E-state index contributed by atoms with van der Waals surface area (Å²) in [5, 5.41) is 10.7. The zero-order valence-corrected chi connectivity index (χ0v) is 11.7. The van der Waals surface area contributed by atoms with Crippen molar-refractivity contribution in [2.24, 2.45) is 0 Å². The van der Waals surface area contributed by atoms with Crippen molar-refractivity contribution in [1.82, 2.24) is 4.98 Å². The third-order valence-electron chi connectivity index (χ3n) is 2.97. The Morgan fingerprint density at radius 1 is 1.33 bits per heavy atom. The molecule has 0 saturated carbocycles. The Morgan fingerprint density at radius 3 is 2.78 bits per heavy atom. The molecule has 0 fully saturated rings. The van der Waals surface area contributed by atoms with E-state index in [9.17, 15) is 0 Å². The Morgan fingerprint density at radius 2 is 2.11 bits per heavy atom. The van der Waals surface area contributed by atoms with E-state index in [0.717, 1.165) is 10.5 Å². The number of benzene rings is 1. The number of nitriles is 1. The van der Waals surface area contributed by atoms with Gasteiger partial charge in [-0.25, -0.2) is 4.98 Å². The molecule has 18 heavy (non-hydrogen) atoms. The van der Waals surface area contributed by atoms with Crippen LogP contribution in [-0.2, 0) is 0 Å².